The van der Waals surface area contributed by atoms with E-state index in [9.17, 15) is 4.79 Å². The molecular weight excluding hydrogens is 220 g/mol. The van der Waals surface area contributed by atoms with Crippen molar-refractivity contribution in [2.24, 2.45) is 0 Å². The van der Waals surface area contributed by atoms with Gasteiger partial charge in [-0.25, -0.2) is 9.97 Å². The molecule has 0 saturated heterocycles. The number of hydrogen-bond acceptors (Lipinski definition) is 5. The first kappa shape index (κ1) is 11.6. The van der Waals surface area contributed by atoms with Crippen LogP contribution in [0.25, 0.3) is 0 Å². The van der Waals surface area contributed by atoms with Crippen LogP contribution in [-0.2, 0) is 4.79 Å². The van der Waals surface area contributed by atoms with Gasteiger partial charge in [0.15, 0.2) is 0 Å². The average molecular weight is 236 g/mol. The zero-order valence-corrected chi connectivity index (χ0v) is 9.93. The Morgan fingerprint density at radius 2 is 2.29 bits per heavy atom. The summed E-state index contributed by atoms with van der Waals surface area (Å²) in [5.74, 6) is 1.04. The van der Waals surface area contributed by atoms with Gasteiger partial charge < -0.3 is 15.4 Å². The number of rotatable bonds is 5. The maximum Gasteiger partial charge on any atom is 0.242 e. The normalized spacial score (nSPS) is 16.1. The number of hydrogen-bond donors (Lipinski definition) is 2. The van der Waals surface area contributed by atoms with Crippen LogP contribution in [0.1, 0.15) is 19.8 Å². The second kappa shape index (κ2) is 4.99. The Morgan fingerprint density at radius 1 is 1.53 bits per heavy atom. The summed E-state index contributed by atoms with van der Waals surface area (Å²) in [5.41, 5.74) is 0. The number of ether oxygens (including phenoxy) is 1. The first-order chi connectivity index (χ1) is 8.19. The molecule has 0 spiro atoms. The number of amides is 1. The molecule has 92 valence electrons. The van der Waals surface area contributed by atoms with Gasteiger partial charge in [0, 0.05) is 12.1 Å². The third-order valence-corrected chi connectivity index (χ3v) is 2.53. The number of aromatic nitrogens is 2. The molecule has 2 rings (SSSR count). The highest BCUT2D eigenvalue weighted by molar-refractivity contribution is 5.84. The Labute approximate surface area is 99.8 Å². The molecule has 6 nitrogen and oxygen atoms in total. The quantitative estimate of drug-likeness (QED) is 0.781. The van der Waals surface area contributed by atoms with E-state index in [2.05, 4.69) is 20.6 Å². The van der Waals surface area contributed by atoms with Crippen LogP contribution in [0.5, 0.6) is 5.88 Å². The number of carbonyl (C=O) groups is 1. The van der Waals surface area contributed by atoms with Crippen molar-refractivity contribution in [3.63, 3.8) is 0 Å². The molecule has 1 aliphatic rings. The van der Waals surface area contributed by atoms with Gasteiger partial charge in [-0.05, 0) is 19.8 Å². The minimum absolute atomic E-state index is 0.00919. The number of nitrogens with one attached hydrogen (secondary N) is 2. The van der Waals surface area contributed by atoms with Crippen LogP contribution in [0.4, 0.5) is 5.82 Å². The van der Waals surface area contributed by atoms with Gasteiger partial charge in [-0.1, -0.05) is 0 Å². The summed E-state index contributed by atoms with van der Waals surface area (Å²) in [6, 6.07) is 1.70. The largest absolute Gasteiger partial charge is 0.481 e. The lowest BCUT2D eigenvalue weighted by Crippen LogP contribution is -2.38. The predicted molar refractivity (Wildman–Crippen MR) is 62.8 cm³/mol. The molecule has 2 N–H and O–H groups in total. The topological polar surface area (TPSA) is 76.1 Å². The van der Waals surface area contributed by atoms with E-state index >= 15 is 0 Å². The number of carbonyl (C=O) groups excluding carboxylic acids is 1. The third kappa shape index (κ3) is 3.30. The van der Waals surface area contributed by atoms with Crippen molar-refractivity contribution >= 4 is 11.7 Å². The molecule has 1 saturated carbocycles. The highest BCUT2D eigenvalue weighted by atomic mass is 16.5. The number of nitrogens with zero attached hydrogens (tertiary/aromatic N) is 2. The van der Waals surface area contributed by atoms with Crippen molar-refractivity contribution < 1.29 is 9.53 Å². The first-order valence-electron chi connectivity index (χ1n) is 5.62. The van der Waals surface area contributed by atoms with Crippen LogP contribution < -0.4 is 15.4 Å². The van der Waals surface area contributed by atoms with E-state index in [4.69, 9.17) is 4.74 Å². The monoisotopic (exact) mass is 236 g/mol. The molecule has 1 unspecified atom stereocenters. The smallest absolute Gasteiger partial charge is 0.242 e. The van der Waals surface area contributed by atoms with Gasteiger partial charge in [0.05, 0.1) is 7.11 Å². The van der Waals surface area contributed by atoms with Gasteiger partial charge in [0.1, 0.15) is 18.2 Å². The van der Waals surface area contributed by atoms with Crippen molar-refractivity contribution in [1.82, 2.24) is 15.3 Å². The van der Waals surface area contributed by atoms with Crippen LogP contribution >= 0.6 is 0 Å². The second-order valence-electron chi connectivity index (χ2n) is 4.09. The Morgan fingerprint density at radius 3 is 2.94 bits per heavy atom. The third-order valence-electron chi connectivity index (χ3n) is 2.53. The molecule has 1 amide bonds. The molecule has 1 aliphatic carbocycles. The fourth-order valence-electron chi connectivity index (χ4n) is 1.37. The highest BCUT2D eigenvalue weighted by Gasteiger charge is 2.25. The Bertz CT molecular complexity index is 406. The van der Waals surface area contributed by atoms with Crippen molar-refractivity contribution in [3.05, 3.63) is 12.4 Å². The zero-order chi connectivity index (χ0) is 12.3. The van der Waals surface area contributed by atoms with Gasteiger partial charge >= 0.3 is 0 Å². The summed E-state index contributed by atoms with van der Waals surface area (Å²) in [6.07, 6.45) is 3.56. The Hall–Kier alpha value is -1.85. The molecule has 1 atom stereocenters. The molecule has 6 heteroatoms. The second-order valence-corrected chi connectivity index (χ2v) is 4.09. The molecule has 0 aromatic carbocycles. The van der Waals surface area contributed by atoms with Crippen LogP contribution in [0.2, 0.25) is 0 Å². The lowest BCUT2D eigenvalue weighted by atomic mass is 10.3. The average Bonchev–Trinajstić information content (AvgIpc) is 3.13. The van der Waals surface area contributed by atoms with Crippen molar-refractivity contribution in [3.8, 4) is 5.88 Å². The lowest BCUT2D eigenvalue weighted by molar-refractivity contribution is -0.121. The van der Waals surface area contributed by atoms with E-state index in [-0.39, 0.29) is 11.9 Å². The minimum Gasteiger partial charge on any atom is -0.481 e. The van der Waals surface area contributed by atoms with Crippen LogP contribution in [0.15, 0.2) is 12.4 Å². The van der Waals surface area contributed by atoms with Crippen LogP contribution in [-0.4, -0.2) is 35.1 Å². The summed E-state index contributed by atoms with van der Waals surface area (Å²) in [5, 5.41) is 5.93. The first-order valence-corrected chi connectivity index (χ1v) is 5.62. The fourth-order valence-corrected chi connectivity index (χ4v) is 1.37. The number of anilines is 1. The molecule has 1 aromatic heterocycles. The molecule has 17 heavy (non-hydrogen) atoms. The Kier molecular flexibility index (Phi) is 3.41. The van der Waals surface area contributed by atoms with Gasteiger partial charge in [-0.3, -0.25) is 4.79 Å². The summed E-state index contributed by atoms with van der Waals surface area (Å²) in [6.45, 7) is 1.80. The summed E-state index contributed by atoms with van der Waals surface area (Å²) >= 11 is 0. The maximum atomic E-state index is 11.7. The minimum atomic E-state index is -0.324. The number of methoxy groups -OCH3 is 1. The SMILES string of the molecule is COc1cc(NC(C)C(=O)NC2CC2)ncn1. The fraction of sp³-hybridized carbons (Fsp3) is 0.545. The molecule has 0 radical (unpaired) electrons. The van der Waals surface area contributed by atoms with E-state index < -0.39 is 0 Å². The van der Waals surface area contributed by atoms with Gasteiger partial charge in [0.25, 0.3) is 0 Å². The molecular formula is C11H16N4O2. The summed E-state index contributed by atoms with van der Waals surface area (Å²) in [4.78, 5) is 19.6. The predicted octanol–water partition coefficient (Wildman–Crippen LogP) is 0.564. The van der Waals surface area contributed by atoms with E-state index in [1.807, 2.05) is 0 Å². The summed E-state index contributed by atoms with van der Waals surface area (Å²) in [7, 11) is 1.54. The standard InChI is InChI=1S/C11H16N4O2/c1-7(11(16)15-8-3-4-8)14-9-5-10(17-2)13-6-12-9/h5-8H,3-4H2,1-2H3,(H,15,16)(H,12,13,14). The van der Waals surface area contributed by atoms with Crippen molar-refractivity contribution in [2.75, 3.05) is 12.4 Å². The lowest BCUT2D eigenvalue weighted by Gasteiger charge is -2.14. The molecule has 0 aliphatic heterocycles. The van der Waals surface area contributed by atoms with Gasteiger partial charge in [-0.15, -0.1) is 0 Å². The Balaban J connectivity index is 1.91. The van der Waals surface area contributed by atoms with Crippen molar-refractivity contribution in [1.29, 1.82) is 0 Å². The van der Waals surface area contributed by atoms with E-state index in [1.54, 1.807) is 13.0 Å². The molecule has 1 aromatic rings. The van der Waals surface area contributed by atoms with Crippen LogP contribution in [0, 0.1) is 0 Å². The summed E-state index contributed by atoms with van der Waals surface area (Å²) < 4.78 is 4.98. The van der Waals surface area contributed by atoms with Gasteiger partial charge in [0.2, 0.25) is 11.8 Å². The van der Waals surface area contributed by atoms with E-state index in [0.717, 1.165) is 12.8 Å². The molecule has 0 bridgehead atoms. The molecule has 1 fully saturated rings. The van der Waals surface area contributed by atoms with Crippen LogP contribution in [0.3, 0.4) is 0 Å². The maximum absolute atomic E-state index is 11.7. The van der Waals surface area contributed by atoms with E-state index in [0.29, 0.717) is 17.7 Å². The highest BCUT2D eigenvalue weighted by Crippen LogP contribution is 2.19. The zero-order valence-electron chi connectivity index (χ0n) is 9.93. The van der Waals surface area contributed by atoms with Gasteiger partial charge in [-0.2, -0.15) is 0 Å². The molecule has 1 heterocycles. The van der Waals surface area contributed by atoms with E-state index in [1.165, 1.54) is 13.4 Å². The van der Waals surface area contributed by atoms with Crippen molar-refractivity contribution in [2.45, 2.75) is 31.8 Å².